The number of primary amides is 1. The van der Waals surface area contributed by atoms with Crippen LogP contribution in [0.3, 0.4) is 0 Å². The topological polar surface area (TPSA) is 85.1 Å². The van der Waals surface area contributed by atoms with Crippen LogP contribution in [0.4, 0.5) is 5.82 Å². The molecule has 1 aromatic heterocycles. The van der Waals surface area contributed by atoms with Gasteiger partial charge in [0.2, 0.25) is 11.8 Å². The van der Waals surface area contributed by atoms with Crippen molar-refractivity contribution >= 4 is 29.2 Å². The summed E-state index contributed by atoms with van der Waals surface area (Å²) < 4.78 is 0. The summed E-state index contributed by atoms with van der Waals surface area (Å²) in [7, 11) is 0. The second-order valence-corrected chi connectivity index (χ2v) is 5.49. The first-order valence-electron chi connectivity index (χ1n) is 6.60. The molecule has 1 rings (SSSR count). The molecule has 5 nitrogen and oxygen atoms in total. The molecule has 0 unspecified atom stereocenters. The Hall–Kier alpha value is -1.62. The molecule has 110 valence electrons. The van der Waals surface area contributed by atoms with E-state index in [0.717, 1.165) is 6.42 Å². The van der Waals surface area contributed by atoms with E-state index in [0.29, 0.717) is 18.3 Å². The zero-order valence-electron chi connectivity index (χ0n) is 11.9. The Labute approximate surface area is 123 Å². The Kier molecular flexibility index (Phi) is 5.95. The van der Waals surface area contributed by atoms with E-state index in [9.17, 15) is 9.59 Å². The number of halogens is 1. The van der Waals surface area contributed by atoms with Crippen LogP contribution in [-0.2, 0) is 4.79 Å². The van der Waals surface area contributed by atoms with Crippen LogP contribution in [0.25, 0.3) is 0 Å². The molecule has 0 spiro atoms. The molecule has 0 fully saturated rings. The van der Waals surface area contributed by atoms with Gasteiger partial charge in [0.25, 0.3) is 0 Å². The molecule has 0 radical (unpaired) electrons. The van der Waals surface area contributed by atoms with Crippen LogP contribution in [0.1, 0.15) is 44.0 Å². The first kappa shape index (κ1) is 16.4. The van der Waals surface area contributed by atoms with Crippen molar-refractivity contribution in [1.29, 1.82) is 0 Å². The number of nitrogens with one attached hydrogen (secondary N) is 1. The van der Waals surface area contributed by atoms with Gasteiger partial charge in [0, 0.05) is 12.6 Å². The molecule has 1 atom stereocenters. The molecule has 0 aliphatic heterocycles. The van der Waals surface area contributed by atoms with Gasteiger partial charge in [-0.1, -0.05) is 38.8 Å². The minimum atomic E-state index is -0.608. The number of carbonyl (C=O) groups is 2. The largest absolute Gasteiger partial charge is 0.366 e. The summed E-state index contributed by atoms with van der Waals surface area (Å²) in [6.45, 7) is 6.24. The number of hydrogen-bond acceptors (Lipinski definition) is 3. The van der Waals surface area contributed by atoms with Gasteiger partial charge in [-0.2, -0.15) is 0 Å². The van der Waals surface area contributed by atoms with Crippen molar-refractivity contribution in [3.63, 3.8) is 0 Å². The highest BCUT2D eigenvalue weighted by Gasteiger charge is 2.17. The highest BCUT2D eigenvalue weighted by molar-refractivity contribution is 6.33. The van der Waals surface area contributed by atoms with E-state index in [4.69, 9.17) is 17.3 Å². The molecule has 0 aliphatic carbocycles. The lowest BCUT2D eigenvalue weighted by molar-refractivity contribution is -0.117. The standard InChI is InChI=1S/C14H20ClN3O2/c1-4-9(8(2)3)6-12(19)18-14-11(15)5-10(7-17-14)13(16)20/h5,7-9H,4,6H2,1-3H3,(H2,16,20)(H,17,18,19)/t9-/m1/s1. The first-order valence-corrected chi connectivity index (χ1v) is 6.98. The fourth-order valence-electron chi connectivity index (χ4n) is 1.94. The van der Waals surface area contributed by atoms with E-state index >= 15 is 0 Å². The molecule has 3 N–H and O–H groups in total. The quantitative estimate of drug-likeness (QED) is 0.846. The Morgan fingerprint density at radius 3 is 2.55 bits per heavy atom. The van der Waals surface area contributed by atoms with Gasteiger partial charge in [0.15, 0.2) is 5.82 Å². The van der Waals surface area contributed by atoms with Crippen molar-refractivity contribution in [1.82, 2.24) is 4.98 Å². The predicted octanol–water partition coefficient (Wildman–Crippen LogP) is 2.84. The predicted molar refractivity (Wildman–Crippen MR) is 79.6 cm³/mol. The lowest BCUT2D eigenvalue weighted by atomic mass is 9.90. The molecular weight excluding hydrogens is 278 g/mol. The number of nitrogens with zero attached hydrogens (tertiary/aromatic N) is 1. The van der Waals surface area contributed by atoms with Gasteiger partial charge in [-0.25, -0.2) is 4.98 Å². The first-order chi connectivity index (χ1) is 9.35. The Bertz CT molecular complexity index is 503. The third-order valence-electron chi connectivity index (χ3n) is 3.30. The zero-order valence-corrected chi connectivity index (χ0v) is 12.7. The molecule has 6 heteroatoms. The van der Waals surface area contributed by atoms with Crippen LogP contribution in [0.15, 0.2) is 12.3 Å². The molecule has 0 aliphatic rings. The molecule has 1 aromatic rings. The van der Waals surface area contributed by atoms with Crippen molar-refractivity contribution < 1.29 is 9.59 Å². The van der Waals surface area contributed by atoms with Gasteiger partial charge in [-0.3, -0.25) is 9.59 Å². The number of nitrogens with two attached hydrogens (primary N) is 1. The van der Waals surface area contributed by atoms with Crippen LogP contribution < -0.4 is 11.1 Å². The van der Waals surface area contributed by atoms with Gasteiger partial charge in [0.1, 0.15) is 0 Å². The third-order valence-corrected chi connectivity index (χ3v) is 3.59. The van der Waals surface area contributed by atoms with Crippen LogP contribution in [-0.4, -0.2) is 16.8 Å². The number of rotatable bonds is 6. The molecule has 0 aromatic carbocycles. The fourth-order valence-corrected chi connectivity index (χ4v) is 2.15. The number of anilines is 1. The normalized spacial score (nSPS) is 12.2. The smallest absolute Gasteiger partial charge is 0.250 e. The highest BCUT2D eigenvalue weighted by atomic mass is 35.5. The Balaban J connectivity index is 2.73. The van der Waals surface area contributed by atoms with Crippen molar-refractivity contribution in [3.05, 3.63) is 22.8 Å². The van der Waals surface area contributed by atoms with Gasteiger partial charge in [-0.05, 0) is 17.9 Å². The van der Waals surface area contributed by atoms with Crippen LogP contribution in [0.5, 0.6) is 0 Å². The van der Waals surface area contributed by atoms with Crippen LogP contribution in [0.2, 0.25) is 5.02 Å². The molecule has 0 saturated carbocycles. The number of amides is 2. The number of hydrogen-bond donors (Lipinski definition) is 2. The highest BCUT2D eigenvalue weighted by Crippen LogP contribution is 2.23. The summed E-state index contributed by atoms with van der Waals surface area (Å²) in [6.07, 6.45) is 2.65. The molecule has 20 heavy (non-hydrogen) atoms. The van der Waals surface area contributed by atoms with Gasteiger partial charge in [0.05, 0.1) is 10.6 Å². The lowest BCUT2D eigenvalue weighted by Crippen LogP contribution is -2.20. The Morgan fingerprint density at radius 2 is 2.10 bits per heavy atom. The van der Waals surface area contributed by atoms with Gasteiger partial charge in [-0.15, -0.1) is 0 Å². The second-order valence-electron chi connectivity index (χ2n) is 5.08. The number of carbonyl (C=O) groups excluding carboxylic acids is 2. The monoisotopic (exact) mass is 297 g/mol. The molecule has 0 saturated heterocycles. The number of pyridine rings is 1. The lowest BCUT2D eigenvalue weighted by Gasteiger charge is -2.18. The zero-order chi connectivity index (χ0) is 15.3. The van der Waals surface area contributed by atoms with Crippen molar-refractivity contribution in [3.8, 4) is 0 Å². The maximum atomic E-state index is 12.0. The molecular formula is C14H20ClN3O2. The van der Waals surface area contributed by atoms with E-state index < -0.39 is 5.91 Å². The van der Waals surface area contributed by atoms with E-state index in [1.165, 1.54) is 12.3 Å². The fraction of sp³-hybridized carbons (Fsp3) is 0.500. The van der Waals surface area contributed by atoms with E-state index in [1.54, 1.807) is 0 Å². The minimum absolute atomic E-state index is 0.133. The molecule has 1 heterocycles. The maximum Gasteiger partial charge on any atom is 0.250 e. The van der Waals surface area contributed by atoms with E-state index in [1.807, 2.05) is 0 Å². The average molecular weight is 298 g/mol. The van der Waals surface area contributed by atoms with E-state index in [-0.39, 0.29) is 22.3 Å². The summed E-state index contributed by atoms with van der Waals surface area (Å²) in [6, 6.07) is 1.40. The summed E-state index contributed by atoms with van der Waals surface area (Å²) in [5.41, 5.74) is 5.34. The van der Waals surface area contributed by atoms with Gasteiger partial charge < -0.3 is 11.1 Å². The summed E-state index contributed by atoms with van der Waals surface area (Å²) in [5, 5.41) is 2.86. The van der Waals surface area contributed by atoms with Gasteiger partial charge >= 0.3 is 0 Å². The molecule has 0 bridgehead atoms. The second kappa shape index (κ2) is 7.24. The van der Waals surface area contributed by atoms with Crippen molar-refractivity contribution in [2.45, 2.75) is 33.6 Å². The van der Waals surface area contributed by atoms with Crippen molar-refractivity contribution in [2.75, 3.05) is 5.32 Å². The van der Waals surface area contributed by atoms with E-state index in [2.05, 4.69) is 31.1 Å². The SMILES string of the molecule is CC[C@H](CC(=O)Nc1ncc(C(N)=O)cc1Cl)C(C)C. The summed E-state index contributed by atoms with van der Waals surface area (Å²) in [4.78, 5) is 26.9. The summed E-state index contributed by atoms with van der Waals surface area (Å²) in [5.74, 6) is 0.264. The van der Waals surface area contributed by atoms with Crippen LogP contribution >= 0.6 is 11.6 Å². The maximum absolute atomic E-state index is 12.0. The molecule has 2 amide bonds. The third kappa shape index (κ3) is 4.49. The minimum Gasteiger partial charge on any atom is -0.366 e. The average Bonchev–Trinajstić information content (AvgIpc) is 2.37. The van der Waals surface area contributed by atoms with Crippen molar-refractivity contribution in [2.24, 2.45) is 17.6 Å². The Morgan fingerprint density at radius 1 is 1.45 bits per heavy atom. The summed E-state index contributed by atoms with van der Waals surface area (Å²) >= 11 is 5.97. The van der Waals surface area contributed by atoms with Crippen LogP contribution in [0, 0.1) is 11.8 Å². The number of aromatic nitrogens is 1.